The second-order valence-electron chi connectivity index (χ2n) is 6.62. The van der Waals surface area contributed by atoms with Crippen LogP contribution in [0.1, 0.15) is 16.9 Å². The van der Waals surface area contributed by atoms with E-state index >= 15 is 0 Å². The fourth-order valence-corrected chi connectivity index (χ4v) is 4.26. The van der Waals surface area contributed by atoms with Crippen molar-refractivity contribution in [2.45, 2.75) is 12.8 Å². The number of hydrogen-bond acceptors (Lipinski definition) is 3. The van der Waals surface area contributed by atoms with Crippen LogP contribution in [-0.4, -0.2) is 19.7 Å². The highest BCUT2D eigenvalue weighted by Crippen LogP contribution is 2.30. The van der Waals surface area contributed by atoms with E-state index in [0.717, 1.165) is 31.9 Å². The van der Waals surface area contributed by atoms with Gasteiger partial charge in [-0.15, -0.1) is 11.3 Å². The van der Waals surface area contributed by atoms with Gasteiger partial charge < -0.3 is 10.1 Å². The standard InChI is InChI=1S/C22H23NOS/c1-2-4-17(5-3-1)14-21-10-11-22(25-21)19-6-8-20(9-7-19)24-16-18-12-13-23-15-18/h1-11,18,23H,12-16H2/t18-/m1/s1. The Balaban J connectivity index is 1.38. The Morgan fingerprint density at radius 2 is 1.80 bits per heavy atom. The first-order valence-corrected chi connectivity index (χ1v) is 9.75. The number of hydrogen-bond donors (Lipinski definition) is 1. The van der Waals surface area contributed by atoms with Crippen molar-refractivity contribution in [2.24, 2.45) is 5.92 Å². The Labute approximate surface area is 153 Å². The molecule has 2 heterocycles. The molecule has 1 fully saturated rings. The molecule has 0 bridgehead atoms. The van der Waals surface area contributed by atoms with Crippen molar-refractivity contribution >= 4 is 11.3 Å². The molecule has 1 atom stereocenters. The smallest absolute Gasteiger partial charge is 0.119 e. The lowest BCUT2D eigenvalue weighted by Crippen LogP contribution is -2.15. The lowest BCUT2D eigenvalue weighted by atomic mass is 10.1. The molecule has 1 aromatic heterocycles. The summed E-state index contributed by atoms with van der Waals surface area (Å²) in [6, 6.07) is 23.6. The quantitative estimate of drug-likeness (QED) is 0.676. The van der Waals surface area contributed by atoms with E-state index in [9.17, 15) is 0 Å². The van der Waals surface area contributed by atoms with Crippen molar-refractivity contribution in [3.05, 3.63) is 77.2 Å². The molecule has 128 valence electrons. The van der Waals surface area contributed by atoms with Gasteiger partial charge in [-0.05, 0) is 60.5 Å². The lowest BCUT2D eigenvalue weighted by Gasteiger charge is -2.11. The highest BCUT2D eigenvalue weighted by Gasteiger charge is 2.14. The Bertz CT molecular complexity index is 788. The molecular formula is C22H23NOS. The van der Waals surface area contributed by atoms with Crippen LogP contribution in [0.25, 0.3) is 10.4 Å². The van der Waals surface area contributed by atoms with Gasteiger partial charge in [-0.2, -0.15) is 0 Å². The van der Waals surface area contributed by atoms with Crippen molar-refractivity contribution in [1.82, 2.24) is 5.32 Å². The van der Waals surface area contributed by atoms with Gasteiger partial charge in [0, 0.05) is 28.6 Å². The van der Waals surface area contributed by atoms with E-state index in [1.807, 2.05) is 11.3 Å². The van der Waals surface area contributed by atoms with Crippen LogP contribution < -0.4 is 10.1 Å². The van der Waals surface area contributed by atoms with Crippen molar-refractivity contribution in [3.63, 3.8) is 0 Å². The maximum Gasteiger partial charge on any atom is 0.119 e. The highest BCUT2D eigenvalue weighted by molar-refractivity contribution is 7.15. The van der Waals surface area contributed by atoms with Gasteiger partial charge in [0.05, 0.1) is 6.61 Å². The first kappa shape index (κ1) is 16.4. The minimum absolute atomic E-state index is 0.650. The predicted octanol–water partition coefficient (Wildman–Crippen LogP) is 4.99. The number of nitrogens with one attached hydrogen (secondary N) is 1. The zero-order valence-electron chi connectivity index (χ0n) is 14.3. The van der Waals surface area contributed by atoms with E-state index in [1.54, 1.807) is 0 Å². The van der Waals surface area contributed by atoms with Crippen molar-refractivity contribution < 1.29 is 4.74 Å². The van der Waals surface area contributed by atoms with Gasteiger partial charge in [-0.25, -0.2) is 0 Å². The van der Waals surface area contributed by atoms with Crippen molar-refractivity contribution in [1.29, 1.82) is 0 Å². The molecule has 0 spiro atoms. The minimum Gasteiger partial charge on any atom is -0.493 e. The summed E-state index contributed by atoms with van der Waals surface area (Å²) in [5, 5.41) is 3.38. The van der Waals surface area contributed by atoms with Crippen molar-refractivity contribution in [2.75, 3.05) is 19.7 Å². The number of rotatable bonds is 6. The number of thiophene rings is 1. The van der Waals surface area contributed by atoms with Gasteiger partial charge in [0.1, 0.15) is 5.75 Å². The van der Waals surface area contributed by atoms with Crippen LogP contribution in [0.15, 0.2) is 66.7 Å². The monoisotopic (exact) mass is 349 g/mol. The highest BCUT2D eigenvalue weighted by atomic mass is 32.1. The first-order valence-electron chi connectivity index (χ1n) is 8.93. The molecule has 0 radical (unpaired) electrons. The Hall–Kier alpha value is -2.10. The molecule has 0 unspecified atom stereocenters. The molecule has 1 aliphatic rings. The van der Waals surface area contributed by atoms with Gasteiger partial charge in [0.15, 0.2) is 0 Å². The fourth-order valence-electron chi connectivity index (χ4n) is 3.21. The van der Waals surface area contributed by atoms with Gasteiger partial charge in [-0.3, -0.25) is 0 Å². The first-order chi connectivity index (χ1) is 12.4. The Kier molecular flexibility index (Phi) is 5.14. The SMILES string of the molecule is c1ccc(Cc2ccc(-c3ccc(OC[C@@H]4CCNC4)cc3)s2)cc1. The normalized spacial score (nSPS) is 16.9. The third kappa shape index (κ3) is 4.30. The van der Waals surface area contributed by atoms with Crippen LogP contribution >= 0.6 is 11.3 Å². The molecule has 1 saturated heterocycles. The summed E-state index contributed by atoms with van der Waals surface area (Å²) in [4.78, 5) is 2.72. The average molecular weight is 349 g/mol. The van der Waals surface area contributed by atoms with Gasteiger partial charge in [0.25, 0.3) is 0 Å². The van der Waals surface area contributed by atoms with Crippen LogP contribution in [0.5, 0.6) is 5.75 Å². The molecule has 0 saturated carbocycles. The molecule has 25 heavy (non-hydrogen) atoms. The summed E-state index contributed by atoms with van der Waals surface area (Å²) in [7, 11) is 0. The molecule has 3 heteroatoms. The molecule has 2 aromatic carbocycles. The third-order valence-corrected chi connectivity index (χ3v) is 5.80. The summed E-state index contributed by atoms with van der Waals surface area (Å²) in [5.74, 6) is 1.62. The third-order valence-electron chi connectivity index (χ3n) is 4.67. The molecule has 4 rings (SSSR count). The van der Waals surface area contributed by atoms with E-state index in [-0.39, 0.29) is 0 Å². The second-order valence-corrected chi connectivity index (χ2v) is 7.79. The molecule has 1 N–H and O–H groups in total. The fraction of sp³-hybridized carbons (Fsp3) is 0.273. The molecule has 3 aromatic rings. The lowest BCUT2D eigenvalue weighted by molar-refractivity contribution is 0.260. The predicted molar refractivity (Wildman–Crippen MR) is 105 cm³/mol. The largest absolute Gasteiger partial charge is 0.493 e. The summed E-state index contributed by atoms with van der Waals surface area (Å²) in [6.07, 6.45) is 2.22. The minimum atomic E-state index is 0.650. The van der Waals surface area contributed by atoms with E-state index < -0.39 is 0 Å². The van der Waals surface area contributed by atoms with Crippen LogP contribution in [0.4, 0.5) is 0 Å². The van der Waals surface area contributed by atoms with E-state index in [2.05, 4.69) is 72.0 Å². The van der Waals surface area contributed by atoms with Crippen LogP contribution in [0, 0.1) is 5.92 Å². The molecular weight excluding hydrogens is 326 g/mol. The summed E-state index contributed by atoms with van der Waals surface area (Å²) >= 11 is 1.87. The van der Waals surface area contributed by atoms with E-state index in [0.29, 0.717) is 5.92 Å². The van der Waals surface area contributed by atoms with Gasteiger partial charge >= 0.3 is 0 Å². The maximum atomic E-state index is 5.93. The van der Waals surface area contributed by atoms with Crippen LogP contribution in [-0.2, 0) is 6.42 Å². The molecule has 1 aliphatic heterocycles. The van der Waals surface area contributed by atoms with Crippen LogP contribution in [0.2, 0.25) is 0 Å². The number of benzene rings is 2. The van der Waals surface area contributed by atoms with Gasteiger partial charge in [-0.1, -0.05) is 30.3 Å². The number of ether oxygens (including phenoxy) is 1. The zero-order chi connectivity index (χ0) is 16.9. The molecule has 2 nitrogen and oxygen atoms in total. The van der Waals surface area contributed by atoms with E-state index in [4.69, 9.17) is 4.74 Å². The van der Waals surface area contributed by atoms with Crippen molar-refractivity contribution in [3.8, 4) is 16.2 Å². The summed E-state index contributed by atoms with van der Waals surface area (Å²) < 4.78 is 5.93. The zero-order valence-corrected chi connectivity index (χ0v) is 15.1. The summed E-state index contributed by atoms with van der Waals surface area (Å²) in [6.45, 7) is 3.01. The van der Waals surface area contributed by atoms with E-state index in [1.165, 1.54) is 27.3 Å². The maximum absolute atomic E-state index is 5.93. The molecule has 0 amide bonds. The Morgan fingerprint density at radius 1 is 0.960 bits per heavy atom. The topological polar surface area (TPSA) is 21.3 Å². The van der Waals surface area contributed by atoms with Crippen LogP contribution in [0.3, 0.4) is 0 Å². The molecule has 0 aliphatic carbocycles. The average Bonchev–Trinajstić information content (AvgIpc) is 3.33. The van der Waals surface area contributed by atoms with Gasteiger partial charge in [0.2, 0.25) is 0 Å². The Morgan fingerprint density at radius 3 is 2.56 bits per heavy atom. The second kappa shape index (κ2) is 7.85. The summed E-state index contributed by atoms with van der Waals surface area (Å²) in [5.41, 5.74) is 2.63.